The van der Waals surface area contributed by atoms with Crippen LogP contribution in [0.3, 0.4) is 0 Å². The van der Waals surface area contributed by atoms with Gasteiger partial charge in [0.2, 0.25) is 12.4 Å². The van der Waals surface area contributed by atoms with Crippen LogP contribution in [0.25, 0.3) is 0 Å². The Labute approximate surface area is 137 Å². The van der Waals surface area contributed by atoms with Crippen molar-refractivity contribution in [2.75, 3.05) is 0 Å². The zero-order valence-corrected chi connectivity index (χ0v) is 13.5. The first-order chi connectivity index (χ1) is 11.1. The van der Waals surface area contributed by atoms with Crippen molar-refractivity contribution in [3.8, 4) is 0 Å². The second kappa shape index (κ2) is 8.39. The van der Waals surface area contributed by atoms with Crippen LogP contribution in [0.5, 0.6) is 0 Å². The van der Waals surface area contributed by atoms with E-state index in [0.717, 1.165) is 27.7 Å². The van der Waals surface area contributed by atoms with Gasteiger partial charge < -0.3 is 28.5 Å². The van der Waals surface area contributed by atoms with Crippen molar-refractivity contribution < 1.29 is 47.7 Å². The molecule has 0 saturated carbocycles. The van der Waals surface area contributed by atoms with Crippen LogP contribution in [0, 0.1) is 0 Å². The Morgan fingerprint density at radius 1 is 0.708 bits per heavy atom. The molecule has 1 rings (SSSR count). The maximum absolute atomic E-state index is 11.4. The van der Waals surface area contributed by atoms with E-state index in [1.807, 2.05) is 0 Å². The number of hydrogen-bond donors (Lipinski definition) is 0. The molecule has 10 nitrogen and oxygen atoms in total. The van der Waals surface area contributed by atoms with Crippen molar-refractivity contribution in [1.29, 1.82) is 0 Å². The first-order valence-electron chi connectivity index (χ1n) is 6.95. The zero-order chi connectivity index (χ0) is 18.4. The molecule has 1 aliphatic rings. The van der Waals surface area contributed by atoms with E-state index < -0.39 is 54.6 Å². The summed E-state index contributed by atoms with van der Waals surface area (Å²) in [5.41, 5.74) is 0. The Hall–Kier alpha value is -2.49. The monoisotopic (exact) mass is 346 g/mol. The van der Waals surface area contributed by atoms with Gasteiger partial charge in [-0.2, -0.15) is 0 Å². The lowest BCUT2D eigenvalue weighted by atomic mass is 9.98. The molecule has 0 N–H and O–H groups in total. The molecule has 0 aliphatic carbocycles. The summed E-state index contributed by atoms with van der Waals surface area (Å²) in [5.74, 6) is -3.14. The SMILES string of the molecule is CC(=O)OC1O[C@@H](C=O)[C@H](OC(C)=O)[C@@H](OC(C)=O)[C@@H]1OC(C)=O. The third-order valence-corrected chi connectivity index (χ3v) is 2.85. The van der Waals surface area contributed by atoms with Crippen molar-refractivity contribution in [3.05, 3.63) is 0 Å². The zero-order valence-electron chi connectivity index (χ0n) is 13.5. The summed E-state index contributed by atoms with van der Waals surface area (Å²) in [6.45, 7) is 4.29. The van der Waals surface area contributed by atoms with Crippen LogP contribution in [0.1, 0.15) is 27.7 Å². The van der Waals surface area contributed by atoms with E-state index in [-0.39, 0.29) is 0 Å². The number of esters is 4. The van der Waals surface area contributed by atoms with Gasteiger partial charge in [-0.05, 0) is 0 Å². The van der Waals surface area contributed by atoms with Crippen molar-refractivity contribution >= 4 is 30.2 Å². The Bertz CT molecular complexity index is 528. The fraction of sp³-hybridized carbons (Fsp3) is 0.643. The molecule has 0 bridgehead atoms. The van der Waals surface area contributed by atoms with Gasteiger partial charge in [-0.15, -0.1) is 0 Å². The van der Waals surface area contributed by atoms with Gasteiger partial charge >= 0.3 is 23.9 Å². The van der Waals surface area contributed by atoms with Gasteiger partial charge in [0, 0.05) is 27.7 Å². The molecule has 10 heteroatoms. The Morgan fingerprint density at radius 2 is 1.12 bits per heavy atom. The highest BCUT2D eigenvalue weighted by Gasteiger charge is 2.53. The van der Waals surface area contributed by atoms with E-state index in [0.29, 0.717) is 6.29 Å². The molecule has 1 unspecified atom stereocenters. The van der Waals surface area contributed by atoms with Crippen molar-refractivity contribution in [3.63, 3.8) is 0 Å². The largest absolute Gasteiger partial charge is 0.455 e. The second-order valence-electron chi connectivity index (χ2n) is 4.94. The van der Waals surface area contributed by atoms with E-state index in [2.05, 4.69) is 0 Å². The molecule has 0 amide bonds. The number of hydrogen-bond acceptors (Lipinski definition) is 10. The second-order valence-corrected chi connectivity index (χ2v) is 4.94. The van der Waals surface area contributed by atoms with Crippen LogP contribution < -0.4 is 0 Å². The van der Waals surface area contributed by atoms with Gasteiger partial charge in [0.25, 0.3) is 0 Å². The van der Waals surface area contributed by atoms with Crippen molar-refractivity contribution in [2.24, 2.45) is 0 Å². The van der Waals surface area contributed by atoms with Gasteiger partial charge in [0.05, 0.1) is 0 Å². The molecule has 1 aliphatic heterocycles. The minimum absolute atomic E-state index is 0.296. The van der Waals surface area contributed by atoms with Crippen LogP contribution in [0.15, 0.2) is 0 Å². The normalized spacial score (nSPS) is 29.1. The number of rotatable bonds is 5. The standard InChI is InChI=1S/C14H18O10/c1-6(16)20-11-10(5-15)24-14(23-9(4)19)13(22-8(3)18)12(11)21-7(2)17/h5,10-14H,1-4H3/t10-,11-,12+,13-,14?/m0/s1. The van der Waals surface area contributed by atoms with Crippen LogP contribution in [0.4, 0.5) is 0 Å². The average Bonchev–Trinajstić information content (AvgIpc) is 2.42. The maximum atomic E-state index is 11.4. The van der Waals surface area contributed by atoms with Gasteiger partial charge in [-0.3, -0.25) is 19.2 Å². The van der Waals surface area contributed by atoms with Crippen LogP contribution in [0.2, 0.25) is 0 Å². The average molecular weight is 346 g/mol. The maximum Gasteiger partial charge on any atom is 0.305 e. The number of carbonyl (C=O) groups excluding carboxylic acids is 5. The predicted molar refractivity (Wildman–Crippen MR) is 73.2 cm³/mol. The van der Waals surface area contributed by atoms with E-state index in [9.17, 15) is 24.0 Å². The highest BCUT2D eigenvalue weighted by Crippen LogP contribution is 2.28. The molecule has 24 heavy (non-hydrogen) atoms. The molecule has 1 heterocycles. The van der Waals surface area contributed by atoms with Gasteiger partial charge in [0.15, 0.2) is 24.6 Å². The molecule has 0 radical (unpaired) electrons. The molecule has 5 atom stereocenters. The molecule has 0 aromatic carbocycles. The summed E-state index contributed by atoms with van der Waals surface area (Å²) in [6.07, 6.45) is -6.81. The summed E-state index contributed by atoms with van der Waals surface area (Å²) in [4.78, 5) is 56.4. The van der Waals surface area contributed by atoms with Gasteiger partial charge in [-0.25, -0.2) is 0 Å². The molecule has 0 aromatic rings. The van der Waals surface area contributed by atoms with Crippen molar-refractivity contribution in [1.82, 2.24) is 0 Å². The number of aldehydes is 1. The third kappa shape index (κ3) is 5.30. The quantitative estimate of drug-likeness (QED) is 0.356. The number of ether oxygens (including phenoxy) is 5. The summed E-state index contributed by atoms with van der Waals surface area (Å²) in [5, 5.41) is 0. The summed E-state index contributed by atoms with van der Waals surface area (Å²) >= 11 is 0. The summed E-state index contributed by atoms with van der Waals surface area (Å²) in [6, 6.07) is 0. The Kier molecular flexibility index (Phi) is 6.83. The highest BCUT2D eigenvalue weighted by atomic mass is 16.7. The van der Waals surface area contributed by atoms with Crippen LogP contribution in [-0.4, -0.2) is 60.9 Å². The van der Waals surface area contributed by atoms with E-state index in [4.69, 9.17) is 23.7 Å². The van der Waals surface area contributed by atoms with E-state index in [1.165, 1.54) is 0 Å². The fourth-order valence-corrected chi connectivity index (χ4v) is 2.17. The van der Waals surface area contributed by atoms with Crippen molar-refractivity contribution in [2.45, 2.75) is 58.4 Å². The summed E-state index contributed by atoms with van der Waals surface area (Å²) in [7, 11) is 0. The highest BCUT2D eigenvalue weighted by molar-refractivity contribution is 5.70. The topological polar surface area (TPSA) is 132 Å². The van der Waals surface area contributed by atoms with Crippen LogP contribution >= 0.6 is 0 Å². The third-order valence-electron chi connectivity index (χ3n) is 2.85. The molecule has 1 fully saturated rings. The smallest absolute Gasteiger partial charge is 0.305 e. The molecular formula is C14H18O10. The minimum atomic E-state index is -1.52. The van der Waals surface area contributed by atoms with E-state index in [1.54, 1.807) is 0 Å². The fourth-order valence-electron chi connectivity index (χ4n) is 2.17. The first-order valence-corrected chi connectivity index (χ1v) is 6.95. The first kappa shape index (κ1) is 19.6. The Morgan fingerprint density at radius 3 is 1.54 bits per heavy atom. The van der Waals surface area contributed by atoms with Gasteiger partial charge in [-0.1, -0.05) is 0 Å². The van der Waals surface area contributed by atoms with E-state index >= 15 is 0 Å². The molecule has 0 aromatic heterocycles. The number of carbonyl (C=O) groups is 5. The predicted octanol–water partition coefficient (Wildman–Crippen LogP) is -0.732. The lowest BCUT2D eigenvalue weighted by Gasteiger charge is -2.42. The molecule has 0 spiro atoms. The summed E-state index contributed by atoms with van der Waals surface area (Å²) < 4.78 is 25.1. The molecule has 1 saturated heterocycles. The molecule has 134 valence electrons. The lowest BCUT2D eigenvalue weighted by Crippen LogP contribution is -2.62. The van der Waals surface area contributed by atoms with Crippen LogP contribution in [-0.2, 0) is 47.7 Å². The molecular weight excluding hydrogens is 328 g/mol. The van der Waals surface area contributed by atoms with Gasteiger partial charge in [0.1, 0.15) is 0 Å². The Balaban J connectivity index is 3.25. The lowest BCUT2D eigenvalue weighted by molar-refractivity contribution is -0.288. The minimum Gasteiger partial charge on any atom is -0.455 e.